The van der Waals surface area contributed by atoms with E-state index < -0.39 is 0 Å². The Morgan fingerprint density at radius 1 is 1.00 bits per heavy atom. The highest BCUT2D eigenvalue weighted by molar-refractivity contribution is 6.31. The summed E-state index contributed by atoms with van der Waals surface area (Å²) in [6.45, 7) is 0.457. The van der Waals surface area contributed by atoms with E-state index in [2.05, 4.69) is 5.32 Å². The average molecular weight is 308 g/mol. The first-order valence-corrected chi connectivity index (χ1v) is 7.15. The van der Waals surface area contributed by atoms with Crippen molar-refractivity contribution in [1.82, 2.24) is 5.32 Å². The predicted octanol–water partition coefficient (Wildman–Crippen LogP) is 4.24. The molecule has 1 amide bonds. The van der Waals surface area contributed by atoms with Gasteiger partial charge in [-0.3, -0.25) is 4.79 Å². The van der Waals surface area contributed by atoms with Crippen LogP contribution in [0.15, 0.2) is 48.5 Å². The van der Waals surface area contributed by atoms with Crippen molar-refractivity contribution < 1.29 is 4.79 Å². The van der Waals surface area contributed by atoms with Crippen molar-refractivity contribution in [2.24, 2.45) is 0 Å². The smallest absolute Gasteiger partial charge is 0.220 e. The zero-order valence-electron chi connectivity index (χ0n) is 10.9. The van der Waals surface area contributed by atoms with Crippen LogP contribution in [-0.4, -0.2) is 5.91 Å². The van der Waals surface area contributed by atoms with Gasteiger partial charge < -0.3 is 5.32 Å². The molecule has 0 bridgehead atoms. The monoisotopic (exact) mass is 307 g/mol. The van der Waals surface area contributed by atoms with Crippen LogP contribution in [0.2, 0.25) is 10.0 Å². The van der Waals surface area contributed by atoms with Crippen LogP contribution in [0.1, 0.15) is 17.5 Å². The summed E-state index contributed by atoms with van der Waals surface area (Å²) in [4.78, 5) is 11.8. The highest BCUT2D eigenvalue weighted by Crippen LogP contribution is 2.14. The third-order valence-corrected chi connectivity index (χ3v) is 3.61. The third-order valence-electron chi connectivity index (χ3n) is 2.99. The number of nitrogens with one attached hydrogen (secondary N) is 1. The maximum atomic E-state index is 11.8. The van der Waals surface area contributed by atoms with Crippen LogP contribution in [0.5, 0.6) is 0 Å². The number of benzene rings is 2. The van der Waals surface area contributed by atoms with Crippen LogP contribution in [0.3, 0.4) is 0 Å². The fraction of sp³-hybridized carbons (Fsp3) is 0.188. The van der Waals surface area contributed by atoms with E-state index in [0.717, 1.165) is 11.1 Å². The number of halogens is 2. The maximum Gasteiger partial charge on any atom is 0.220 e. The zero-order chi connectivity index (χ0) is 14.4. The topological polar surface area (TPSA) is 29.1 Å². The van der Waals surface area contributed by atoms with Gasteiger partial charge in [-0.2, -0.15) is 0 Å². The zero-order valence-corrected chi connectivity index (χ0v) is 12.4. The van der Waals surface area contributed by atoms with Crippen molar-refractivity contribution in [3.8, 4) is 0 Å². The second-order valence-corrected chi connectivity index (χ2v) is 5.34. The van der Waals surface area contributed by atoms with Crippen molar-refractivity contribution >= 4 is 29.1 Å². The molecule has 4 heteroatoms. The molecule has 0 aliphatic carbocycles. The van der Waals surface area contributed by atoms with E-state index in [4.69, 9.17) is 23.2 Å². The van der Waals surface area contributed by atoms with E-state index >= 15 is 0 Å². The molecule has 104 valence electrons. The van der Waals surface area contributed by atoms with Gasteiger partial charge in [0.1, 0.15) is 0 Å². The Morgan fingerprint density at radius 2 is 1.70 bits per heavy atom. The number of hydrogen-bond donors (Lipinski definition) is 1. The van der Waals surface area contributed by atoms with Crippen molar-refractivity contribution in [3.63, 3.8) is 0 Å². The van der Waals surface area contributed by atoms with Gasteiger partial charge in [0.2, 0.25) is 5.91 Å². The van der Waals surface area contributed by atoms with E-state index in [-0.39, 0.29) is 5.91 Å². The van der Waals surface area contributed by atoms with Crippen LogP contribution in [0.25, 0.3) is 0 Å². The molecular formula is C16H15Cl2NO. The fourth-order valence-corrected chi connectivity index (χ4v) is 2.16. The molecule has 0 atom stereocenters. The van der Waals surface area contributed by atoms with E-state index in [0.29, 0.717) is 29.4 Å². The van der Waals surface area contributed by atoms with Crippen molar-refractivity contribution in [2.45, 2.75) is 19.4 Å². The van der Waals surface area contributed by atoms with Crippen LogP contribution in [-0.2, 0) is 17.8 Å². The molecule has 0 saturated heterocycles. The number of amides is 1. The summed E-state index contributed by atoms with van der Waals surface area (Å²) in [5.74, 6) is 0.0138. The van der Waals surface area contributed by atoms with Crippen molar-refractivity contribution in [1.29, 1.82) is 0 Å². The second-order valence-electron chi connectivity index (χ2n) is 4.49. The minimum atomic E-state index is 0.0138. The molecule has 0 aromatic heterocycles. The lowest BCUT2D eigenvalue weighted by molar-refractivity contribution is -0.121. The molecule has 0 unspecified atom stereocenters. The number of carbonyl (C=O) groups excluding carboxylic acids is 1. The molecule has 0 heterocycles. The van der Waals surface area contributed by atoms with Gasteiger partial charge in [0.15, 0.2) is 0 Å². The molecule has 0 spiro atoms. The van der Waals surface area contributed by atoms with Crippen LogP contribution >= 0.6 is 23.2 Å². The Hall–Kier alpha value is -1.51. The largest absolute Gasteiger partial charge is 0.352 e. The van der Waals surface area contributed by atoms with E-state index in [9.17, 15) is 4.79 Å². The standard InChI is InChI=1S/C16H15Cl2NO/c17-14-8-5-12(6-9-14)7-10-16(20)19-11-13-3-1-2-4-15(13)18/h1-6,8-9H,7,10-11H2,(H,19,20). The molecule has 0 aliphatic rings. The molecular weight excluding hydrogens is 293 g/mol. The Morgan fingerprint density at radius 3 is 2.40 bits per heavy atom. The quantitative estimate of drug-likeness (QED) is 0.879. The minimum Gasteiger partial charge on any atom is -0.352 e. The lowest BCUT2D eigenvalue weighted by Crippen LogP contribution is -2.23. The summed E-state index contributed by atoms with van der Waals surface area (Å²) in [6, 6.07) is 15.0. The van der Waals surface area contributed by atoms with Gasteiger partial charge in [-0.15, -0.1) is 0 Å². The maximum absolute atomic E-state index is 11.8. The predicted molar refractivity (Wildman–Crippen MR) is 83.1 cm³/mol. The molecule has 0 radical (unpaired) electrons. The number of rotatable bonds is 5. The fourth-order valence-electron chi connectivity index (χ4n) is 1.83. The number of hydrogen-bond acceptors (Lipinski definition) is 1. The number of aryl methyl sites for hydroxylation is 1. The first kappa shape index (κ1) is 14.9. The van der Waals surface area contributed by atoms with E-state index in [1.807, 2.05) is 48.5 Å². The van der Waals surface area contributed by atoms with E-state index in [1.54, 1.807) is 0 Å². The third kappa shape index (κ3) is 4.55. The minimum absolute atomic E-state index is 0.0138. The molecule has 0 fully saturated rings. The molecule has 2 nitrogen and oxygen atoms in total. The SMILES string of the molecule is O=C(CCc1ccc(Cl)cc1)NCc1ccccc1Cl. The lowest BCUT2D eigenvalue weighted by atomic mass is 10.1. The van der Waals surface area contributed by atoms with Crippen LogP contribution in [0, 0.1) is 0 Å². The van der Waals surface area contributed by atoms with Gasteiger partial charge >= 0.3 is 0 Å². The van der Waals surface area contributed by atoms with Crippen LogP contribution < -0.4 is 5.32 Å². The normalized spacial score (nSPS) is 10.3. The van der Waals surface area contributed by atoms with Gasteiger partial charge in [0.05, 0.1) is 0 Å². The molecule has 1 N–H and O–H groups in total. The second kappa shape index (κ2) is 7.32. The Kier molecular flexibility index (Phi) is 5.45. The lowest BCUT2D eigenvalue weighted by Gasteiger charge is -2.07. The van der Waals surface area contributed by atoms with Gasteiger partial charge in [0, 0.05) is 23.0 Å². The first-order valence-electron chi connectivity index (χ1n) is 6.40. The van der Waals surface area contributed by atoms with Crippen molar-refractivity contribution in [2.75, 3.05) is 0 Å². The molecule has 20 heavy (non-hydrogen) atoms. The highest BCUT2D eigenvalue weighted by Gasteiger charge is 2.04. The molecule has 0 saturated carbocycles. The summed E-state index contributed by atoms with van der Waals surface area (Å²) < 4.78 is 0. The summed E-state index contributed by atoms with van der Waals surface area (Å²) >= 11 is 11.8. The summed E-state index contributed by atoms with van der Waals surface area (Å²) in [6.07, 6.45) is 1.15. The first-order chi connectivity index (χ1) is 9.65. The van der Waals surface area contributed by atoms with Gasteiger partial charge in [-0.25, -0.2) is 0 Å². The summed E-state index contributed by atoms with van der Waals surface area (Å²) in [5.41, 5.74) is 2.02. The van der Waals surface area contributed by atoms with Gasteiger partial charge in [-0.05, 0) is 35.7 Å². The average Bonchev–Trinajstić information content (AvgIpc) is 2.46. The number of carbonyl (C=O) groups is 1. The van der Waals surface area contributed by atoms with E-state index in [1.165, 1.54) is 0 Å². The van der Waals surface area contributed by atoms with Gasteiger partial charge in [-0.1, -0.05) is 53.5 Å². The van der Waals surface area contributed by atoms with Crippen LogP contribution in [0.4, 0.5) is 0 Å². The molecule has 0 aliphatic heterocycles. The summed E-state index contributed by atoms with van der Waals surface area (Å²) in [7, 11) is 0. The Balaban J connectivity index is 1.78. The molecule has 2 rings (SSSR count). The molecule has 2 aromatic rings. The van der Waals surface area contributed by atoms with Gasteiger partial charge in [0.25, 0.3) is 0 Å². The molecule has 2 aromatic carbocycles. The Labute approximate surface area is 128 Å². The highest BCUT2D eigenvalue weighted by atomic mass is 35.5. The summed E-state index contributed by atoms with van der Waals surface area (Å²) in [5, 5.41) is 4.25. The van der Waals surface area contributed by atoms with Crippen molar-refractivity contribution in [3.05, 3.63) is 69.7 Å². The Bertz CT molecular complexity index is 581.